The average Bonchev–Trinajstić information content (AvgIpc) is 2.86. The molecule has 1 aromatic carbocycles. The van der Waals surface area contributed by atoms with Crippen LogP contribution in [0.15, 0.2) is 48.8 Å². The summed E-state index contributed by atoms with van der Waals surface area (Å²) in [5.41, 5.74) is 5.76. The second-order valence-electron chi connectivity index (χ2n) is 4.43. The second kappa shape index (κ2) is 4.79. The van der Waals surface area contributed by atoms with Crippen LogP contribution in [0.25, 0.3) is 10.9 Å². The number of hydrogen-bond donors (Lipinski definition) is 2. The minimum atomic E-state index is -0.144. The van der Waals surface area contributed by atoms with Crippen LogP contribution in [0.3, 0.4) is 0 Å². The Balaban J connectivity index is 2.16. The van der Waals surface area contributed by atoms with Crippen molar-refractivity contribution in [2.24, 2.45) is 12.9 Å². The molecule has 2 heterocycles. The molecule has 3 N–H and O–H groups in total. The summed E-state index contributed by atoms with van der Waals surface area (Å²) in [6.07, 6.45) is 3.70. The molecular weight excluding hydrogens is 238 g/mol. The Bertz CT molecular complexity index is 698. The standard InChI is InChI=1S/C14H15N5/c1-19-9-7-13(18-19)14(17-15)11-6-8-16-12-5-3-2-4-10(11)12/h2-9,14,17H,15H2,1H3. The quantitative estimate of drug-likeness (QED) is 0.548. The van der Waals surface area contributed by atoms with Gasteiger partial charge in [0.2, 0.25) is 0 Å². The van der Waals surface area contributed by atoms with Crippen LogP contribution in [0.4, 0.5) is 0 Å². The Labute approximate surface area is 111 Å². The van der Waals surface area contributed by atoms with Gasteiger partial charge in [-0.25, -0.2) is 5.43 Å². The number of aromatic nitrogens is 3. The second-order valence-corrected chi connectivity index (χ2v) is 4.43. The fraction of sp³-hybridized carbons (Fsp3) is 0.143. The summed E-state index contributed by atoms with van der Waals surface area (Å²) in [6, 6.07) is 11.8. The topological polar surface area (TPSA) is 68.8 Å². The third-order valence-electron chi connectivity index (χ3n) is 3.19. The number of para-hydroxylation sites is 1. The van der Waals surface area contributed by atoms with Gasteiger partial charge in [0, 0.05) is 24.8 Å². The molecule has 0 aliphatic heterocycles. The Morgan fingerprint density at radius 3 is 2.79 bits per heavy atom. The summed E-state index contributed by atoms with van der Waals surface area (Å²) in [5.74, 6) is 5.72. The monoisotopic (exact) mass is 253 g/mol. The van der Waals surface area contributed by atoms with Crippen LogP contribution in [-0.2, 0) is 7.05 Å². The van der Waals surface area contributed by atoms with Crippen molar-refractivity contribution >= 4 is 10.9 Å². The van der Waals surface area contributed by atoms with E-state index >= 15 is 0 Å². The lowest BCUT2D eigenvalue weighted by atomic mass is 10.0. The highest BCUT2D eigenvalue weighted by molar-refractivity contribution is 5.82. The van der Waals surface area contributed by atoms with Crippen molar-refractivity contribution in [2.45, 2.75) is 6.04 Å². The molecule has 19 heavy (non-hydrogen) atoms. The maximum atomic E-state index is 5.72. The molecule has 0 aliphatic rings. The average molecular weight is 253 g/mol. The maximum absolute atomic E-state index is 5.72. The number of pyridine rings is 1. The van der Waals surface area contributed by atoms with Gasteiger partial charge in [0.25, 0.3) is 0 Å². The Morgan fingerprint density at radius 1 is 1.21 bits per heavy atom. The summed E-state index contributed by atoms with van der Waals surface area (Å²) in [5, 5.41) is 5.50. The lowest BCUT2D eigenvalue weighted by Gasteiger charge is -2.16. The molecule has 0 amide bonds. The molecule has 5 nitrogen and oxygen atoms in total. The fourth-order valence-electron chi connectivity index (χ4n) is 2.29. The minimum absolute atomic E-state index is 0.144. The maximum Gasteiger partial charge on any atom is 0.0907 e. The number of hydrogen-bond acceptors (Lipinski definition) is 4. The first-order valence-electron chi connectivity index (χ1n) is 6.09. The summed E-state index contributed by atoms with van der Waals surface area (Å²) in [7, 11) is 1.89. The normalized spacial score (nSPS) is 12.7. The number of aryl methyl sites for hydroxylation is 1. The number of rotatable bonds is 3. The van der Waals surface area contributed by atoms with Gasteiger partial charge in [-0.3, -0.25) is 15.5 Å². The zero-order chi connectivity index (χ0) is 13.2. The molecule has 3 rings (SSSR count). The van der Waals surface area contributed by atoms with Crippen molar-refractivity contribution < 1.29 is 0 Å². The van der Waals surface area contributed by atoms with E-state index in [2.05, 4.69) is 15.5 Å². The van der Waals surface area contributed by atoms with Gasteiger partial charge < -0.3 is 0 Å². The third kappa shape index (κ3) is 2.09. The number of nitrogens with two attached hydrogens (primary N) is 1. The predicted molar refractivity (Wildman–Crippen MR) is 74.1 cm³/mol. The molecule has 0 aliphatic carbocycles. The smallest absolute Gasteiger partial charge is 0.0907 e. The highest BCUT2D eigenvalue weighted by Crippen LogP contribution is 2.26. The van der Waals surface area contributed by atoms with E-state index < -0.39 is 0 Å². The summed E-state index contributed by atoms with van der Waals surface area (Å²) < 4.78 is 1.77. The van der Waals surface area contributed by atoms with E-state index in [1.165, 1.54) is 0 Å². The molecule has 0 fully saturated rings. The predicted octanol–water partition coefficient (Wildman–Crippen LogP) is 1.52. The minimum Gasteiger partial charge on any atom is -0.275 e. The molecule has 2 aromatic heterocycles. The lowest BCUT2D eigenvalue weighted by Crippen LogP contribution is -2.29. The van der Waals surface area contributed by atoms with Gasteiger partial charge in [0.1, 0.15) is 0 Å². The molecule has 1 unspecified atom stereocenters. The SMILES string of the molecule is Cn1ccc(C(NN)c2ccnc3ccccc23)n1. The largest absolute Gasteiger partial charge is 0.275 e. The van der Waals surface area contributed by atoms with E-state index in [0.717, 1.165) is 22.2 Å². The molecule has 5 heteroatoms. The summed E-state index contributed by atoms with van der Waals surface area (Å²) in [4.78, 5) is 4.36. The molecule has 0 spiro atoms. The fourth-order valence-corrected chi connectivity index (χ4v) is 2.29. The molecule has 3 aromatic rings. The number of fused-ring (bicyclic) bond motifs is 1. The zero-order valence-electron chi connectivity index (χ0n) is 10.6. The molecule has 1 atom stereocenters. The first-order chi connectivity index (χ1) is 9.29. The van der Waals surface area contributed by atoms with Crippen molar-refractivity contribution in [2.75, 3.05) is 0 Å². The molecule has 96 valence electrons. The van der Waals surface area contributed by atoms with Gasteiger partial charge in [-0.05, 0) is 23.8 Å². The van der Waals surface area contributed by atoms with Crippen LogP contribution >= 0.6 is 0 Å². The van der Waals surface area contributed by atoms with Gasteiger partial charge in [-0.2, -0.15) is 5.10 Å². The van der Waals surface area contributed by atoms with Crippen LogP contribution in [0.2, 0.25) is 0 Å². The Kier molecular flexibility index (Phi) is 2.98. The third-order valence-corrected chi connectivity index (χ3v) is 3.19. The van der Waals surface area contributed by atoms with E-state index in [4.69, 9.17) is 5.84 Å². The van der Waals surface area contributed by atoms with Gasteiger partial charge >= 0.3 is 0 Å². The molecule has 0 radical (unpaired) electrons. The van der Waals surface area contributed by atoms with Crippen molar-refractivity contribution in [1.29, 1.82) is 0 Å². The van der Waals surface area contributed by atoms with Crippen LogP contribution in [0.1, 0.15) is 17.3 Å². The first kappa shape index (κ1) is 11.8. The van der Waals surface area contributed by atoms with E-state index in [1.54, 1.807) is 10.9 Å². The number of nitrogens with zero attached hydrogens (tertiary/aromatic N) is 3. The van der Waals surface area contributed by atoms with Crippen LogP contribution in [-0.4, -0.2) is 14.8 Å². The van der Waals surface area contributed by atoms with Crippen LogP contribution in [0, 0.1) is 0 Å². The molecule has 0 saturated carbocycles. The Hall–Kier alpha value is -2.24. The summed E-state index contributed by atoms with van der Waals surface area (Å²) in [6.45, 7) is 0. The molecule has 0 bridgehead atoms. The van der Waals surface area contributed by atoms with Crippen molar-refractivity contribution in [1.82, 2.24) is 20.2 Å². The zero-order valence-corrected chi connectivity index (χ0v) is 10.6. The van der Waals surface area contributed by atoms with Gasteiger partial charge in [-0.15, -0.1) is 0 Å². The Morgan fingerprint density at radius 2 is 2.05 bits per heavy atom. The first-order valence-corrected chi connectivity index (χ1v) is 6.09. The van der Waals surface area contributed by atoms with Gasteiger partial charge in [-0.1, -0.05) is 18.2 Å². The molecule has 0 saturated heterocycles. The van der Waals surface area contributed by atoms with Crippen LogP contribution < -0.4 is 11.3 Å². The van der Waals surface area contributed by atoms with E-state index in [0.29, 0.717) is 0 Å². The highest BCUT2D eigenvalue weighted by Gasteiger charge is 2.17. The highest BCUT2D eigenvalue weighted by atomic mass is 15.3. The summed E-state index contributed by atoms with van der Waals surface area (Å²) >= 11 is 0. The van der Waals surface area contributed by atoms with Crippen molar-refractivity contribution in [3.8, 4) is 0 Å². The number of nitrogens with one attached hydrogen (secondary N) is 1. The number of hydrazine groups is 1. The van der Waals surface area contributed by atoms with Crippen molar-refractivity contribution in [3.05, 3.63) is 60.0 Å². The van der Waals surface area contributed by atoms with E-state index in [9.17, 15) is 0 Å². The van der Waals surface area contributed by atoms with Gasteiger partial charge in [0.05, 0.1) is 17.3 Å². The van der Waals surface area contributed by atoms with Gasteiger partial charge in [0.15, 0.2) is 0 Å². The molecular formula is C14H15N5. The van der Waals surface area contributed by atoms with E-state index in [1.807, 2.05) is 49.6 Å². The van der Waals surface area contributed by atoms with E-state index in [-0.39, 0.29) is 6.04 Å². The van der Waals surface area contributed by atoms with Crippen LogP contribution in [0.5, 0.6) is 0 Å². The van der Waals surface area contributed by atoms with Crippen molar-refractivity contribution in [3.63, 3.8) is 0 Å². The lowest BCUT2D eigenvalue weighted by molar-refractivity contribution is 0.606. The number of benzene rings is 1.